The molecular formula is C3H3F2O4S2. The van der Waals surface area contributed by atoms with E-state index in [1.165, 1.54) is 0 Å². The minimum Gasteiger partial charge on any atom is -0.190 e. The van der Waals surface area contributed by atoms with Gasteiger partial charge < -0.3 is 0 Å². The van der Waals surface area contributed by atoms with Gasteiger partial charge in [0.2, 0.25) is 0 Å². The highest BCUT2D eigenvalue weighted by Gasteiger charge is 2.15. The van der Waals surface area contributed by atoms with Gasteiger partial charge in [0.05, 0.1) is 4.91 Å². The van der Waals surface area contributed by atoms with Crippen molar-refractivity contribution in [2.45, 2.75) is 6.92 Å². The molecule has 11 heavy (non-hydrogen) atoms. The van der Waals surface area contributed by atoms with Crippen molar-refractivity contribution < 1.29 is 24.6 Å². The lowest BCUT2D eigenvalue weighted by molar-refractivity contribution is 0.553. The van der Waals surface area contributed by atoms with E-state index in [1.54, 1.807) is 0 Å². The van der Waals surface area contributed by atoms with E-state index >= 15 is 0 Å². The molecule has 0 rings (SSSR count). The first-order valence-electron chi connectivity index (χ1n) is 2.13. The maximum absolute atomic E-state index is 11.8. The Hall–Kier alpha value is -0.500. The molecule has 4 nitrogen and oxygen atoms in total. The van der Waals surface area contributed by atoms with E-state index in [2.05, 4.69) is 0 Å². The maximum atomic E-state index is 11.8. The van der Waals surface area contributed by atoms with Gasteiger partial charge >= 0.3 is 20.4 Å². The van der Waals surface area contributed by atoms with Gasteiger partial charge in [0.1, 0.15) is 5.41 Å². The summed E-state index contributed by atoms with van der Waals surface area (Å²) in [5.41, 5.74) is 0. The Morgan fingerprint density at radius 3 is 1.64 bits per heavy atom. The van der Waals surface area contributed by atoms with Gasteiger partial charge in [-0.3, -0.25) is 0 Å². The van der Waals surface area contributed by atoms with Gasteiger partial charge in [-0.1, -0.05) is 0 Å². The second-order valence-electron chi connectivity index (χ2n) is 1.53. The van der Waals surface area contributed by atoms with Crippen LogP contribution in [0.25, 0.3) is 0 Å². The van der Waals surface area contributed by atoms with Gasteiger partial charge in [-0.05, 0) is 6.92 Å². The van der Waals surface area contributed by atoms with Gasteiger partial charge in [-0.2, -0.15) is 16.8 Å². The highest BCUT2D eigenvalue weighted by Crippen LogP contribution is 2.09. The number of allylic oxidation sites excluding steroid dienone is 1. The smallest absolute Gasteiger partial charge is 0.190 e. The molecule has 0 aliphatic heterocycles. The predicted octanol–water partition coefficient (Wildman–Crippen LogP) is 0.249. The van der Waals surface area contributed by atoms with Gasteiger partial charge in [0.25, 0.3) is 0 Å². The van der Waals surface area contributed by atoms with Crippen molar-refractivity contribution >= 4 is 20.4 Å². The van der Waals surface area contributed by atoms with E-state index in [-0.39, 0.29) is 0 Å². The molecule has 0 N–H and O–H groups in total. The summed E-state index contributed by atoms with van der Waals surface area (Å²) in [6.45, 7) is 0.576. The van der Waals surface area contributed by atoms with Crippen LogP contribution in [0.2, 0.25) is 0 Å². The van der Waals surface area contributed by atoms with Crippen LogP contribution in [0.5, 0.6) is 0 Å². The average molecular weight is 205 g/mol. The molecule has 0 atom stereocenters. The number of halogens is 2. The molecule has 0 aromatic carbocycles. The summed E-state index contributed by atoms with van der Waals surface area (Å²) in [6.07, 6.45) is 0. The molecule has 1 radical (unpaired) electrons. The van der Waals surface area contributed by atoms with Gasteiger partial charge in [-0.15, -0.1) is 7.77 Å². The van der Waals surface area contributed by atoms with Crippen molar-refractivity contribution in [1.82, 2.24) is 0 Å². The Morgan fingerprint density at radius 1 is 1.18 bits per heavy atom. The maximum Gasteiger partial charge on any atom is 0.334 e. The summed E-state index contributed by atoms with van der Waals surface area (Å²) in [5, 5.41) is 0.818. The van der Waals surface area contributed by atoms with Crippen LogP contribution in [0.15, 0.2) is 4.91 Å². The lowest BCUT2D eigenvalue weighted by Crippen LogP contribution is -1.95. The molecule has 0 spiro atoms. The average Bonchev–Trinajstić information content (AvgIpc) is 1.56. The van der Waals surface area contributed by atoms with Crippen LogP contribution in [-0.2, 0) is 20.4 Å². The van der Waals surface area contributed by atoms with Crippen LogP contribution < -0.4 is 0 Å². The monoisotopic (exact) mass is 205 g/mol. The normalized spacial score (nSPS) is 15.0. The lowest BCUT2D eigenvalue weighted by Gasteiger charge is -1.87. The van der Waals surface area contributed by atoms with E-state index in [9.17, 15) is 24.6 Å². The molecule has 0 heterocycles. The fraction of sp³-hybridized carbons (Fsp3) is 0.333. The Bertz CT molecular complexity index is 362. The molecule has 0 aromatic rings. The van der Waals surface area contributed by atoms with Crippen molar-refractivity contribution in [3.8, 4) is 0 Å². The topological polar surface area (TPSA) is 68.3 Å². The molecule has 0 fully saturated rings. The minimum absolute atomic E-state index is 0.576. The summed E-state index contributed by atoms with van der Waals surface area (Å²) >= 11 is 0. The Morgan fingerprint density at radius 2 is 1.55 bits per heavy atom. The van der Waals surface area contributed by atoms with Crippen LogP contribution in [0.4, 0.5) is 7.77 Å². The fourth-order valence-electron chi connectivity index (χ4n) is 0.221. The van der Waals surface area contributed by atoms with Crippen LogP contribution >= 0.6 is 0 Å². The van der Waals surface area contributed by atoms with Crippen LogP contribution in [-0.4, -0.2) is 16.8 Å². The first-order valence-corrected chi connectivity index (χ1v) is 4.90. The Kier molecular flexibility index (Phi) is 2.73. The fourth-order valence-corrected chi connectivity index (χ4v) is 1.26. The first kappa shape index (κ1) is 10.5. The van der Waals surface area contributed by atoms with E-state index in [1.807, 2.05) is 0 Å². The largest absolute Gasteiger partial charge is 0.334 e. The first-order chi connectivity index (χ1) is 4.63. The Labute approximate surface area is 63.0 Å². The molecule has 0 saturated carbocycles. The lowest BCUT2D eigenvalue weighted by atomic mass is 10.8. The molecule has 0 aromatic heterocycles. The molecule has 0 saturated heterocycles. The van der Waals surface area contributed by atoms with E-state index in [4.69, 9.17) is 0 Å². The van der Waals surface area contributed by atoms with Crippen molar-refractivity contribution in [2.75, 3.05) is 0 Å². The summed E-state index contributed by atoms with van der Waals surface area (Å²) < 4.78 is 62.3. The molecule has 65 valence electrons. The molecule has 0 aliphatic rings. The third-order valence-corrected chi connectivity index (χ3v) is 2.14. The van der Waals surface area contributed by atoms with Crippen LogP contribution in [0.1, 0.15) is 6.92 Å². The highest BCUT2D eigenvalue weighted by molar-refractivity contribution is 7.92. The van der Waals surface area contributed by atoms with Gasteiger partial charge in [0.15, 0.2) is 0 Å². The molecule has 0 amide bonds. The highest BCUT2D eigenvalue weighted by atomic mass is 32.3. The van der Waals surface area contributed by atoms with E-state index in [0.717, 1.165) is 5.41 Å². The van der Waals surface area contributed by atoms with Crippen molar-refractivity contribution in [3.05, 3.63) is 10.3 Å². The van der Waals surface area contributed by atoms with E-state index < -0.39 is 25.4 Å². The van der Waals surface area contributed by atoms with E-state index in [0.29, 0.717) is 6.92 Å². The number of hydrogen-bond donors (Lipinski definition) is 0. The third-order valence-electron chi connectivity index (χ3n) is 0.631. The molecule has 0 aliphatic carbocycles. The zero-order chi connectivity index (χ0) is 9.28. The standard InChI is InChI=1S/C3H3F2O4S2/c1-3(11(5,8)9)2-10(4,6)7/h1H3. The summed E-state index contributed by atoms with van der Waals surface area (Å²) in [4.78, 5) is -1.31. The second-order valence-corrected chi connectivity index (χ2v) is 4.10. The SMILES string of the molecule is CC(=[C]S(=O)(=O)F)S(=O)(=O)F. The van der Waals surface area contributed by atoms with Crippen LogP contribution in [0.3, 0.4) is 0 Å². The minimum atomic E-state index is -5.21. The number of hydrogen-bond acceptors (Lipinski definition) is 4. The molecular weight excluding hydrogens is 202 g/mol. The van der Waals surface area contributed by atoms with Crippen molar-refractivity contribution in [2.24, 2.45) is 0 Å². The number of rotatable bonds is 2. The molecule has 0 bridgehead atoms. The predicted molar refractivity (Wildman–Crippen MR) is 32.5 cm³/mol. The second kappa shape index (κ2) is 2.86. The third kappa shape index (κ3) is 4.85. The summed E-state index contributed by atoms with van der Waals surface area (Å²) in [7, 11) is -10.4. The molecule has 8 heteroatoms. The summed E-state index contributed by atoms with van der Waals surface area (Å²) in [6, 6.07) is 0. The summed E-state index contributed by atoms with van der Waals surface area (Å²) in [5.74, 6) is 0. The van der Waals surface area contributed by atoms with Crippen molar-refractivity contribution in [1.29, 1.82) is 0 Å². The van der Waals surface area contributed by atoms with Gasteiger partial charge in [-0.25, -0.2) is 0 Å². The quantitative estimate of drug-likeness (QED) is 0.606. The zero-order valence-corrected chi connectivity index (χ0v) is 6.84. The van der Waals surface area contributed by atoms with Crippen molar-refractivity contribution in [3.63, 3.8) is 0 Å². The molecule has 0 unspecified atom stereocenters. The van der Waals surface area contributed by atoms with Gasteiger partial charge in [0, 0.05) is 0 Å². The van der Waals surface area contributed by atoms with Crippen LogP contribution in [0, 0.1) is 5.41 Å². The Balaban J connectivity index is 5.11. The zero-order valence-electron chi connectivity index (χ0n) is 5.21.